The summed E-state index contributed by atoms with van der Waals surface area (Å²) in [5.41, 5.74) is 6.33. The van der Waals surface area contributed by atoms with Crippen molar-refractivity contribution in [2.45, 2.75) is 32.2 Å². The first kappa shape index (κ1) is 15.6. The maximum atomic E-state index is 12.4. The molecule has 1 saturated carbocycles. The van der Waals surface area contributed by atoms with Crippen LogP contribution in [0.4, 0.5) is 0 Å². The minimum atomic E-state index is -0.0818. The fourth-order valence-corrected chi connectivity index (χ4v) is 2.84. The van der Waals surface area contributed by atoms with Gasteiger partial charge in [0.1, 0.15) is 0 Å². The first-order chi connectivity index (χ1) is 10.2. The predicted molar refractivity (Wildman–Crippen MR) is 81.8 cm³/mol. The highest BCUT2D eigenvalue weighted by Gasteiger charge is 2.27. The van der Waals surface area contributed by atoms with Crippen molar-refractivity contribution >= 4 is 5.91 Å². The van der Waals surface area contributed by atoms with Crippen LogP contribution in [0.25, 0.3) is 0 Å². The average Bonchev–Trinajstić information content (AvgIpc) is 2.95. The summed E-state index contributed by atoms with van der Waals surface area (Å²) in [7, 11) is 1.57. The normalized spacial score (nSPS) is 21.1. The summed E-state index contributed by atoms with van der Waals surface area (Å²) in [5, 5.41) is 3.08. The van der Waals surface area contributed by atoms with Crippen LogP contribution in [-0.2, 0) is 0 Å². The minimum Gasteiger partial charge on any atom is -0.493 e. The highest BCUT2D eigenvalue weighted by atomic mass is 16.5. The topological polar surface area (TPSA) is 73.6 Å². The molecule has 1 aromatic carbocycles. The van der Waals surface area contributed by atoms with Gasteiger partial charge in [-0.05, 0) is 50.4 Å². The number of amides is 1. The molecule has 116 valence electrons. The summed E-state index contributed by atoms with van der Waals surface area (Å²) >= 11 is 0. The lowest BCUT2D eigenvalue weighted by atomic mass is 10.0. The molecule has 3 N–H and O–H groups in total. The zero-order valence-electron chi connectivity index (χ0n) is 12.7. The molecule has 5 heteroatoms. The number of rotatable bonds is 6. The number of nitrogens with one attached hydrogen (secondary N) is 1. The number of nitrogens with two attached hydrogens (primary N) is 1. The van der Waals surface area contributed by atoms with Crippen LogP contribution < -0.4 is 20.5 Å². The van der Waals surface area contributed by atoms with Gasteiger partial charge in [0.05, 0.1) is 13.7 Å². The van der Waals surface area contributed by atoms with E-state index in [1.807, 2.05) is 6.92 Å². The molecule has 2 rings (SSSR count). The molecule has 0 spiro atoms. The van der Waals surface area contributed by atoms with Crippen molar-refractivity contribution in [3.8, 4) is 11.5 Å². The Labute approximate surface area is 125 Å². The van der Waals surface area contributed by atoms with Crippen LogP contribution >= 0.6 is 0 Å². The molecule has 0 heterocycles. The molecule has 1 fully saturated rings. The average molecular weight is 292 g/mol. The Kier molecular flexibility index (Phi) is 5.44. The summed E-state index contributed by atoms with van der Waals surface area (Å²) < 4.78 is 10.7. The Morgan fingerprint density at radius 1 is 1.38 bits per heavy atom. The lowest BCUT2D eigenvalue weighted by Gasteiger charge is -2.19. The zero-order chi connectivity index (χ0) is 15.2. The van der Waals surface area contributed by atoms with E-state index in [4.69, 9.17) is 15.2 Å². The minimum absolute atomic E-state index is 0.0818. The van der Waals surface area contributed by atoms with Crippen LogP contribution in [-0.4, -0.2) is 32.2 Å². The lowest BCUT2D eigenvalue weighted by molar-refractivity contribution is 0.0928. The molecular formula is C16H24N2O3. The van der Waals surface area contributed by atoms with E-state index in [-0.39, 0.29) is 11.9 Å². The van der Waals surface area contributed by atoms with Crippen LogP contribution in [0.1, 0.15) is 36.5 Å². The van der Waals surface area contributed by atoms with Crippen LogP contribution in [0.15, 0.2) is 18.2 Å². The third-order valence-corrected chi connectivity index (χ3v) is 4.00. The molecule has 0 aliphatic heterocycles. The van der Waals surface area contributed by atoms with Crippen LogP contribution in [0.5, 0.6) is 11.5 Å². The van der Waals surface area contributed by atoms with E-state index in [2.05, 4.69) is 5.32 Å². The van der Waals surface area contributed by atoms with Gasteiger partial charge in [-0.15, -0.1) is 0 Å². The molecule has 1 aromatic rings. The molecule has 0 radical (unpaired) electrons. The fourth-order valence-electron chi connectivity index (χ4n) is 2.84. The summed E-state index contributed by atoms with van der Waals surface area (Å²) in [6.07, 6.45) is 3.22. The molecule has 1 aliphatic carbocycles. The number of benzene rings is 1. The van der Waals surface area contributed by atoms with Gasteiger partial charge in [0, 0.05) is 11.6 Å². The van der Waals surface area contributed by atoms with Crippen molar-refractivity contribution in [3.63, 3.8) is 0 Å². The highest BCUT2D eigenvalue weighted by Crippen LogP contribution is 2.29. The fraction of sp³-hybridized carbons (Fsp3) is 0.562. The summed E-state index contributed by atoms with van der Waals surface area (Å²) in [6.45, 7) is 3.09. The first-order valence-electron chi connectivity index (χ1n) is 7.51. The molecule has 0 bridgehead atoms. The van der Waals surface area contributed by atoms with Crippen molar-refractivity contribution in [3.05, 3.63) is 23.8 Å². The van der Waals surface area contributed by atoms with Gasteiger partial charge >= 0.3 is 0 Å². The van der Waals surface area contributed by atoms with Crippen molar-refractivity contribution in [1.29, 1.82) is 0 Å². The first-order valence-corrected chi connectivity index (χ1v) is 7.51. The number of carbonyl (C=O) groups is 1. The zero-order valence-corrected chi connectivity index (χ0v) is 12.7. The van der Waals surface area contributed by atoms with Crippen molar-refractivity contribution in [2.24, 2.45) is 11.7 Å². The smallest absolute Gasteiger partial charge is 0.251 e. The molecule has 1 amide bonds. The predicted octanol–water partition coefficient (Wildman–Crippen LogP) is 1.95. The van der Waals surface area contributed by atoms with Gasteiger partial charge in [-0.1, -0.05) is 6.42 Å². The molecule has 2 atom stereocenters. The lowest BCUT2D eigenvalue weighted by Crippen LogP contribution is -2.39. The molecule has 5 nitrogen and oxygen atoms in total. The molecule has 1 aliphatic rings. The number of methoxy groups -OCH3 is 1. The third kappa shape index (κ3) is 3.67. The Bertz CT molecular complexity index is 490. The number of hydrogen-bond donors (Lipinski definition) is 2. The highest BCUT2D eigenvalue weighted by molar-refractivity contribution is 5.95. The van der Waals surface area contributed by atoms with Crippen LogP contribution in [0.3, 0.4) is 0 Å². The van der Waals surface area contributed by atoms with Gasteiger partial charge in [0.25, 0.3) is 5.91 Å². The second kappa shape index (κ2) is 7.31. The Morgan fingerprint density at radius 2 is 2.19 bits per heavy atom. The number of ether oxygens (including phenoxy) is 2. The number of hydrogen-bond acceptors (Lipinski definition) is 4. The van der Waals surface area contributed by atoms with Gasteiger partial charge in [-0.2, -0.15) is 0 Å². The summed E-state index contributed by atoms with van der Waals surface area (Å²) in [4.78, 5) is 12.4. The van der Waals surface area contributed by atoms with Crippen molar-refractivity contribution in [1.82, 2.24) is 5.32 Å². The quantitative estimate of drug-likeness (QED) is 0.840. The van der Waals surface area contributed by atoms with Crippen molar-refractivity contribution < 1.29 is 14.3 Å². The van der Waals surface area contributed by atoms with Gasteiger partial charge in [0.15, 0.2) is 11.5 Å². The standard InChI is InChI=1S/C16H24N2O3/c1-3-21-14-8-7-11(9-15(14)20-2)16(19)18-13-6-4-5-12(13)10-17/h7-9,12-13H,3-6,10,17H2,1-2H3,(H,18,19). The van der Waals surface area contributed by atoms with E-state index in [0.717, 1.165) is 19.3 Å². The second-order valence-corrected chi connectivity index (χ2v) is 5.31. The maximum absolute atomic E-state index is 12.4. The van der Waals surface area contributed by atoms with Crippen molar-refractivity contribution in [2.75, 3.05) is 20.3 Å². The van der Waals surface area contributed by atoms with E-state index < -0.39 is 0 Å². The van der Waals surface area contributed by atoms with E-state index in [9.17, 15) is 4.79 Å². The monoisotopic (exact) mass is 292 g/mol. The van der Waals surface area contributed by atoms with Gasteiger partial charge < -0.3 is 20.5 Å². The molecule has 0 saturated heterocycles. The largest absolute Gasteiger partial charge is 0.493 e. The molecule has 0 aromatic heterocycles. The molecule has 21 heavy (non-hydrogen) atoms. The summed E-state index contributed by atoms with van der Waals surface area (Å²) in [5.74, 6) is 1.53. The van der Waals surface area contributed by atoms with E-state index in [1.54, 1.807) is 25.3 Å². The third-order valence-electron chi connectivity index (χ3n) is 4.00. The number of carbonyl (C=O) groups excluding carboxylic acids is 1. The van der Waals surface area contributed by atoms with Gasteiger partial charge in [-0.25, -0.2) is 0 Å². The second-order valence-electron chi connectivity index (χ2n) is 5.31. The maximum Gasteiger partial charge on any atom is 0.251 e. The van der Waals surface area contributed by atoms with E-state index in [1.165, 1.54) is 0 Å². The summed E-state index contributed by atoms with van der Waals surface area (Å²) in [6, 6.07) is 5.42. The van der Waals surface area contributed by atoms with Crippen LogP contribution in [0.2, 0.25) is 0 Å². The Balaban J connectivity index is 2.08. The SMILES string of the molecule is CCOc1ccc(C(=O)NC2CCCC2CN)cc1OC. The van der Waals surface area contributed by atoms with Gasteiger partial charge in [-0.3, -0.25) is 4.79 Å². The molecule has 2 unspecified atom stereocenters. The van der Waals surface area contributed by atoms with E-state index in [0.29, 0.717) is 36.1 Å². The van der Waals surface area contributed by atoms with E-state index >= 15 is 0 Å². The Hall–Kier alpha value is -1.75. The Morgan fingerprint density at radius 3 is 2.86 bits per heavy atom. The molecular weight excluding hydrogens is 268 g/mol. The van der Waals surface area contributed by atoms with Crippen LogP contribution in [0, 0.1) is 5.92 Å². The van der Waals surface area contributed by atoms with Gasteiger partial charge in [0.2, 0.25) is 0 Å².